The molecule has 0 spiro atoms. The van der Waals surface area contributed by atoms with E-state index in [1.807, 2.05) is 13.0 Å². The molecule has 110 valence electrons. The Bertz CT molecular complexity index is 338. The molecule has 1 unspecified atom stereocenters. The summed E-state index contributed by atoms with van der Waals surface area (Å²) in [5.41, 5.74) is 6.39. The van der Waals surface area contributed by atoms with Gasteiger partial charge in [-0.3, -0.25) is 4.79 Å². The van der Waals surface area contributed by atoms with E-state index in [0.29, 0.717) is 17.0 Å². The summed E-state index contributed by atoms with van der Waals surface area (Å²) in [4.78, 5) is 22.0. The fourth-order valence-electron chi connectivity index (χ4n) is 1.11. The summed E-state index contributed by atoms with van der Waals surface area (Å²) in [6.07, 6.45) is 5.25. The van der Waals surface area contributed by atoms with Gasteiger partial charge in [0.05, 0.1) is 0 Å². The number of amides is 1. The van der Waals surface area contributed by atoms with Gasteiger partial charge < -0.3 is 29.3 Å². The van der Waals surface area contributed by atoms with Crippen LogP contribution in [0.15, 0.2) is 23.4 Å². The van der Waals surface area contributed by atoms with Gasteiger partial charge in [-0.2, -0.15) is 6.08 Å². The number of carbonyl (C=O) groups excluding carboxylic acids is 2. The maximum atomic E-state index is 10.5. The van der Waals surface area contributed by atoms with Crippen molar-refractivity contribution in [2.24, 2.45) is 5.73 Å². The number of allylic oxidation sites excluding steroid dienone is 4. The van der Waals surface area contributed by atoms with Gasteiger partial charge in [0.1, 0.15) is 0 Å². The smallest absolute Gasteiger partial charge is 0.428 e. The normalized spacial score (nSPS) is 12.5. The zero-order chi connectivity index (χ0) is 15.4. The van der Waals surface area contributed by atoms with Crippen molar-refractivity contribution in [3.8, 4) is 0 Å². The number of hydrogen-bond acceptors (Lipinski definition) is 3. The van der Waals surface area contributed by atoms with Crippen molar-refractivity contribution in [1.29, 1.82) is 0 Å². The van der Waals surface area contributed by atoms with Crippen molar-refractivity contribution >= 4 is 34.8 Å². The molecule has 0 aliphatic heterocycles. The Balaban J connectivity index is -0.000000288. The molecule has 0 aromatic heterocycles. The van der Waals surface area contributed by atoms with Crippen molar-refractivity contribution in [3.63, 3.8) is 0 Å². The number of halogens is 1. The third kappa shape index (κ3) is 15.8. The topological polar surface area (TPSA) is 63.4 Å². The van der Waals surface area contributed by atoms with Crippen molar-refractivity contribution < 1.29 is 28.4 Å². The van der Waals surface area contributed by atoms with Crippen LogP contribution in [0.2, 0.25) is 0 Å². The van der Waals surface area contributed by atoms with Gasteiger partial charge in [0.15, 0.2) is 0 Å². The monoisotopic (exact) mass is 384 g/mol. The largest absolute Gasteiger partial charge is 1.00 e. The second kappa shape index (κ2) is 15.1. The zero-order valence-corrected chi connectivity index (χ0v) is 14.9. The molecule has 0 aliphatic carbocycles. The van der Waals surface area contributed by atoms with E-state index in [-0.39, 0.29) is 30.5 Å². The molecule has 0 aromatic rings. The molecule has 0 rings (SSSR count). The summed E-state index contributed by atoms with van der Waals surface area (Å²) in [6.45, 7) is 13.6. The summed E-state index contributed by atoms with van der Waals surface area (Å²) in [5.74, 6) is 0.0370. The maximum Gasteiger partial charge on any atom is 1.00 e. The first-order valence-corrected chi connectivity index (χ1v) is 7.04. The summed E-state index contributed by atoms with van der Waals surface area (Å²) in [5, 5.41) is 0. The first-order valence-electron chi connectivity index (χ1n) is 5.80. The minimum absolute atomic E-state index is 0. The van der Waals surface area contributed by atoms with Gasteiger partial charge in [0.2, 0.25) is 5.91 Å². The van der Waals surface area contributed by atoms with E-state index in [4.69, 9.17) is 5.73 Å². The van der Waals surface area contributed by atoms with E-state index >= 15 is 0 Å². The number of rotatable bonds is 5. The number of carbonyl (C=O) groups is 1. The van der Waals surface area contributed by atoms with Gasteiger partial charge in [0, 0.05) is 17.1 Å². The Morgan fingerprint density at radius 1 is 1.40 bits per heavy atom. The Hall–Kier alpha value is -0.253. The molecule has 20 heavy (non-hydrogen) atoms. The van der Waals surface area contributed by atoms with E-state index in [1.165, 1.54) is 6.92 Å². The summed E-state index contributed by atoms with van der Waals surface area (Å²) >= 11 is 2.27. The first kappa shape index (κ1) is 24.7. The first-order chi connectivity index (χ1) is 8.78. The van der Waals surface area contributed by atoms with Crippen LogP contribution in [-0.2, 0) is 9.59 Å². The fraction of sp³-hybridized carbons (Fsp3) is 0.429. The molecule has 0 saturated heterocycles. The van der Waals surface area contributed by atoms with Gasteiger partial charge >= 0.3 is 18.9 Å². The molecule has 6 heteroatoms. The quantitative estimate of drug-likeness (QED) is 0.169. The molecule has 0 bridgehead atoms. The molecule has 0 fully saturated rings. The minimum Gasteiger partial charge on any atom is -0.428 e. The minimum atomic E-state index is 0. The molecular weight excluding hydrogens is 362 g/mol. The number of hydrogen-bond donors (Lipinski definition) is 1. The Kier molecular flexibility index (Phi) is 18.7. The SMILES string of the molecule is CC(/C=C(\N)[C-]=O)=C/C(C)I.[CH2-]CN(C[CH2-])C(C)=O.[Li+]. The van der Waals surface area contributed by atoms with Gasteiger partial charge in [-0.25, -0.2) is 0 Å². The molecule has 0 heterocycles. The van der Waals surface area contributed by atoms with Crippen LogP contribution in [0.4, 0.5) is 0 Å². The summed E-state index contributed by atoms with van der Waals surface area (Å²) in [7, 11) is 0. The van der Waals surface area contributed by atoms with Crippen LogP contribution in [0.25, 0.3) is 0 Å². The van der Waals surface area contributed by atoms with Crippen LogP contribution in [-0.4, -0.2) is 34.1 Å². The van der Waals surface area contributed by atoms with Gasteiger partial charge in [0.25, 0.3) is 0 Å². The van der Waals surface area contributed by atoms with E-state index in [1.54, 1.807) is 17.3 Å². The Morgan fingerprint density at radius 3 is 2.05 bits per heavy atom. The second-order valence-electron chi connectivity index (χ2n) is 3.80. The molecule has 0 aliphatic rings. The molecule has 0 radical (unpaired) electrons. The van der Waals surface area contributed by atoms with Gasteiger partial charge in [-0.15, -0.1) is 24.4 Å². The van der Waals surface area contributed by atoms with E-state index in [2.05, 4.69) is 43.4 Å². The Morgan fingerprint density at radius 2 is 1.85 bits per heavy atom. The van der Waals surface area contributed by atoms with E-state index in [9.17, 15) is 9.59 Å². The van der Waals surface area contributed by atoms with Crippen molar-refractivity contribution in [3.05, 3.63) is 37.3 Å². The Labute approximate surface area is 148 Å². The third-order valence-electron chi connectivity index (χ3n) is 1.98. The predicted molar refractivity (Wildman–Crippen MR) is 88.2 cm³/mol. The number of nitrogens with zero attached hydrogens (tertiary/aromatic N) is 1. The van der Waals surface area contributed by atoms with Crippen molar-refractivity contribution in [1.82, 2.24) is 4.90 Å². The van der Waals surface area contributed by atoms with Gasteiger partial charge in [-0.05, 0) is 6.92 Å². The molecule has 4 nitrogen and oxygen atoms in total. The molecule has 1 amide bonds. The van der Waals surface area contributed by atoms with Crippen molar-refractivity contribution in [2.75, 3.05) is 13.1 Å². The molecule has 0 saturated carbocycles. The number of nitrogens with two attached hydrogens (primary N) is 1. The van der Waals surface area contributed by atoms with Crippen molar-refractivity contribution in [2.45, 2.75) is 24.7 Å². The standard InChI is InChI=1S/C8H11INO.C6H11NO.Li/c1-6(3-7(2)9)4-8(10)5-11;1-4-7(5-2)6(3)8;/h3-4,7H,10H2,1-2H3;1-2,4-5H2,3H3;/q-1;-2;+1/b6-3-,8-4-;;. The van der Waals surface area contributed by atoms with Gasteiger partial charge in [-0.1, -0.05) is 35.6 Å². The zero-order valence-electron chi connectivity index (χ0n) is 12.8. The molecule has 0 aromatic carbocycles. The molecule has 2 N–H and O–H groups in total. The second-order valence-corrected chi connectivity index (χ2v) is 5.76. The maximum absolute atomic E-state index is 10.5. The van der Waals surface area contributed by atoms with E-state index < -0.39 is 0 Å². The van der Waals surface area contributed by atoms with Crippen LogP contribution >= 0.6 is 22.6 Å². The number of alkyl halides is 1. The van der Waals surface area contributed by atoms with Crippen LogP contribution < -0.4 is 24.6 Å². The summed E-state index contributed by atoms with van der Waals surface area (Å²) in [6, 6.07) is 0. The van der Waals surface area contributed by atoms with Crippen LogP contribution in [0.5, 0.6) is 0 Å². The van der Waals surface area contributed by atoms with Crippen LogP contribution in [0, 0.1) is 13.8 Å². The third-order valence-corrected chi connectivity index (χ3v) is 2.34. The summed E-state index contributed by atoms with van der Waals surface area (Å²) < 4.78 is 0.448. The predicted octanol–water partition coefficient (Wildman–Crippen LogP) is -0.784. The molecular formula is C14H22ILiN2O2-2. The average molecular weight is 384 g/mol. The van der Waals surface area contributed by atoms with E-state index in [0.717, 1.165) is 5.57 Å². The van der Waals surface area contributed by atoms with Crippen LogP contribution in [0.1, 0.15) is 20.8 Å². The fourth-order valence-corrected chi connectivity index (χ4v) is 1.68. The van der Waals surface area contributed by atoms with Crippen LogP contribution in [0.3, 0.4) is 0 Å². The average Bonchev–Trinajstić information content (AvgIpc) is 2.29. The molecule has 1 atom stereocenters.